The number of para-hydroxylation sites is 1. The Morgan fingerprint density at radius 2 is 1.88 bits per heavy atom. The maximum atomic E-state index is 13.4. The van der Waals surface area contributed by atoms with Gasteiger partial charge in [-0.15, -0.1) is 0 Å². The molecule has 3 N–H and O–H groups in total. The summed E-state index contributed by atoms with van der Waals surface area (Å²) in [7, 11) is -4.03. The van der Waals surface area contributed by atoms with E-state index in [2.05, 4.69) is 5.10 Å². The van der Waals surface area contributed by atoms with Gasteiger partial charge >= 0.3 is 5.97 Å². The maximum Gasteiger partial charge on any atom is 0.309 e. The zero-order valence-corrected chi connectivity index (χ0v) is 18.7. The van der Waals surface area contributed by atoms with Crippen LogP contribution in [0.4, 0.5) is 0 Å². The Morgan fingerprint density at radius 1 is 1.18 bits per heavy atom. The Bertz CT molecular complexity index is 1300. The van der Waals surface area contributed by atoms with Crippen LogP contribution in [0.15, 0.2) is 53.4 Å². The normalized spacial score (nSPS) is 19.1. The molecule has 1 fully saturated rings. The highest BCUT2D eigenvalue weighted by Crippen LogP contribution is 2.35. The average Bonchev–Trinajstić information content (AvgIpc) is 3.37. The zero-order valence-electron chi connectivity index (χ0n) is 17.9. The van der Waals surface area contributed by atoms with Crippen LogP contribution >= 0.6 is 0 Å². The van der Waals surface area contributed by atoms with Gasteiger partial charge in [-0.2, -0.15) is 9.40 Å². The number of aliphatic carboxylic acids is 1. The first-order valence-electron chi connectivity index (χ1n) is 10.4. The van der Waals surface area contributed by atoms with E-state index in [9.17, 15) is 23.1 Å². The molecule has 1 aliphatic rings. The van der Waals surface area contributed by atoms with Crippen LogP contribution in [0.1, 0.15) is 25.1 Å². The molecule has 0 aliphatic carbocycles. The van der Waals surface area contributed by atoms with Gasteiger partial charge in [0, 0.05) is 11.9 Å². The lowest BCUT2D eigenvalue weighted by atomic mass is 10.1. The van der Waals surface area contributed by atoms with Gasteiger partial charge in [0.25, 0.3) is 0 Å². The lowest BCUT2D eigenvalue weighted by Crippen LogP contribution is -2.43. The number of nitrogens with two attached hydrogens (primary N) is 1. The van der Waals surface area contributed by atoms with Gasteiger partial charge in [0.2, 0.25) is 15.9 Å². The quantitative estimate of drug-likeness (QED) is 0.506. The number of carbonyl (C=O) groups is 2. The monoisotopic (exact) mass is 472 g/mol. The van der Waals surface area contributed by atoms with Crippen molar-refractivity contribution in [1.29, 1.82) is 0 Å². The van der Waals surface area contributed by atoms with Gasteiger partial charge in [0.15, 0.2) is 0 Å². The molecule has 0 spiro atoms. The molecule has 2 atom stereocenters. The summed E-state index contributed by atoms with van der Waals surface area (Å²) in [4.78, 5) is 23.5. The van der Waals surface area contributed by atoms with E-state index in [1.54, 1.807) is 41.1 Å². The smallest absolute Gasteiger partial charge is 0.309 e. The van der Waals surface area contributed by atoms with Crippen molar-refractivity contribution in [2.75, 3.05) is 13.2 Å². The van der Waals surface area contributed by atoms with Crippen LogP contribution < -0.4 is 10.5 Å². The maximum absolute atomic E-state index is 13.4. The second-order valence-corrected chi connectivity index (χ2v) is 9.66. The summed E-state index contributed by atoms with van der Waals surface area (Å²) >= 11 is 0. The molecule has 0 radical (unpaired) electrons. The standard InChI is InChI=1S/C22H24N4O6S/c1-2-32-15-7-9-16(10-8-15)33(30,31)25-13-14(11-20(25)22(23)29)26-19-6-4-3-5-17(19)18(24-26)12-21(27)28/h3-10,14,20H,2,11-13H2,1H3,(H2,23,29)(H,27,28)/t14-,20-/m1/s1. The van der Waals surface area contributed by atoms with E-state index < -0.39 is 34.0 Å². The van der Waals surface area contributed by atoms with Crippen molar-refractivity contribution in [2.24, 2.45) is 5.73 Å². The number of primary amides is 1. The van der Waals surface area contributed by atoms with E-state index in [1.807, 2.05) is 6.92 Å². The number of carbonyl (C=O) groups excluding carboxylic acids is 1. The molecule has 3 aromatic rings. The average molecular weight is 473 g/mol. The Labute approximate surface area is 190 Å². The summed E-state index contributed by atoms with van der Waals surface area (Å²) in [5, 5.41) is 14.4. The van der Waals surface area contributed by atoms with Crippen molar-refractivity contribution in [1.82, 2.24) is 14.1 Å². The van der Waals surface area contributed by atoms with Crippen molar-refractivity contribution >= 4 is 32.8 Å². The number of hydrogen-bond acceptors (Lipinski definition) is 6. The van der Waals surface area contributed by atoms with Crippen LogP contribution in [0.3, 0.4) is 0 Å². The Hall–Kier alpha value is -3.44. The third-order valence-corrected chi connectivity index (χ3v) is 7.55. The second-order valence-electron chi connectivity index (χ2n) is 7.77. The molecule has 11 heteroatoms. The Kier molecular flexibility index (Phi) is 6.09. The van der Waals surface area contributed by atoms with E-state index >= 15 is 0 Å². The first kappa shape index (κ1) is 22.7. The van der Waals surface area contributed by atoms with Gasteiger partial charge in [0.05, 0.1) is 35.2 Å². The lowest BCUT2D eigenvalue weighted by molar-refractivity contribution is -0.136. The zero-order chi connectivity index (χ0) is 23.8. The number of aromatic nitrogens is 2. The van der Waals surface area contributed by atoms with Crippen LogP contribution in [0.5, 0.6) is 5.75 Å². The predicted molar refractivity (Wildman–Crippen MR) is 119 cm³/mol. The first-order valence-corrected chi connectivity index (χ1v) is 11.9. The van der Waals surface area contributed by atoms with Crippen LogP contribution in [-0.2, 0) is 26.0 Å². The van der Waals surface area contributed by atoms with E-state index in [0.717, 1.165) is 4.31 Å². The third-order valence-electron chi connectivity index (χ3n) is 5.66. The molecule has 0 bridgehead atoms. The third kappa shape index (κ3) is 4.29. The summed E-state index contributed by atoms with van der Waals surface area (Å²) < 4.78 is 34.8. The molecule has 2 aromatic carbocycles. The number of ether oxygens (including phenoxy) is 1. The molecule has 1 aromatic heterocycles. The summed E-state index contributed by atoms with van der Waals surface area (Å²) in [6.07, 6.45) is -0.141. The molecular formula is C22H24N4O6S. The highest BCUT2D eigenvalue weighted by molar-refractivity contribution is 7.89. The van der Waals surface area contributed by atoms with Gasteiger partial charge in [-0.25, -0.2) is 8.42 Å². The molecule has 174 valence electrons. The SMILES string of the molecule is CCOc1ccc(S(=O)(=O)N2C[C@H](n3nc(CC(=O)O)c4ccccc43)C[C@@H]2C(N)=O)cc1. The van der Waals surface area contributed by atoms with E-state index in [0.29, 0.717) is 29.0 Å². The minimum absolute atomic E-state index is 0.0229. The Balaban J connectivity index is 1.70. The van der Waals surface area contributed by atoms with Gasteiger partial charge in [-0.05, 0) is 43.7 Å². The molecule has 1 aliphatic heterocycles. The van der Waals surface area contributed by atoms with E-state index in [-0.39, 0.29) is 24.3 Å². The molecule has 0 unspecified atom stereocenters. The fourth-order valence-corrected chi connectivity index (χ4v) is 5.85. The van der Waals surface area contributed by atoms with Gasteiger partial charge < -0.3 is 15.6 Å². The number of rotatable bonds is 8. The van der Waals surface area contributed by atoms with Crippen LogP contribution in [0, 0.1) is 0 Å². The molecule has 4 rings (SSSR count). The largest absolute Gasteiger partial charge is 0.494 e. The number of nitrogens with zero attached hydrogens (tertiary/aromatic N) is 3. The molecule has 2 heterocycles. The fourth-order valence-electron chi connectivity index (χ4n) is 4.20. The summed E-state index contributed by atoms with van der Waals surface area (Å²) in [6, 6.07) is 11.6. The highest BCUT2D eigenvalue weighted by Gasteiger charge is 2.44. The molecule has 33 heavy (non-hydrogen) atoms. The molecule has 1 amide bonds. The van der Waals surface area contributed by atoms with E-state index in [1.165, 1.54) is 12.1 Å². The van der Waals surface area contributed by atoms with Crippen molar-refractivity contribution < 1.29 is 27.9 Å². The predicted octanol–water partition coefficient (Wildman–Crippen LogP) is 1.55. The fraction of sp³-hybridized carbons (Fsp3) is 0.318. The van der Waals surface area contributed by atoms with Crippen molar-refractivity contribution in [3.63, 3.8) is 0 Å². The van der Waals surface area contributed by atoms with Crippen molar-refractivity contribution in [3.8, 4) is 5.75 Å². The van der Waals surface area contributed by atoms with Gasteiger partial charge in [-0.1, -0.05) is 18.2 Å². The Morgan fingerprint density at radius 3 is 2.52 bits per heavy atom. The minimum Gasteiger partial charge on any atom is -0.494 e. The number of carboxylic acid groups (broad SMARTS) is 1. The van der Waals surface area contributed by atoms with Crippen LogP contribution in [0.25, 0.3) is 10.9 Å². The lowest BCUT2D eigenvalue weighted by Gasteiger charge is -2.21. The number of amides is 1. The molecule has 1 saturated heterocycles. The van der Waals surface area contributed by atoms with Crippen LogP contribution in [0.2, 0.25) is 0 Å². The summed E-state index contributed by atoms with van der Waals surface area (Å²) in [5.41, 5.74) is 6.62. The summed E-state index contributed by atoms with van der Waals surface area (Å²) in [5.74, 6) is -1.24. The minimum atomic E-state index is -4.03. The second kappa shape index (κ2) is 8.83. The summed E-state index contributed by atoms with van der Waals surface area (Å²) in [6.45, 7) is 2.25. The van der Waals surface area contributed by atoms with Crippen molar-refractivity contribution in [3.05, 3.63) is 54.2 Å². The first-order chi connectivity index (χ1) is 15.7. The number of benzene rings is 2. The molecular weight excluding hydrogens is 448 g/mol. The number of sulfonamides is 1. The van der Waals surface area contributed by atoms with Gasteiger partial charge in [0.1, 0.15) is 11.8 Å². The van der Waals surface area contributed by atoms with Crippen LogP contribution in [-0.4, -0.2) is 58.7 Å². The van der Waals surface area contributed by atoms with Crippen molar-refractivity contribution in [2.45, 2.75) is 36.7 Å². The number of hydrogen-bond donors (Lipinski definition) is 2. The topological polar surface area (TPSA) is 145 Å². The highest BCUT2D eigenvalue weighted by atomic mass is 32.2. The van der Waals surface area contributed by atoms with E-state index in [4.69, 9.17) is 10.5 Å². The molecule has 0 saturated carbocycles. The number of fused-ring (bicyclic) bond motifs is 1. The number of carboxylic acids is 1. The molecule has 10 nitrogen and oxygen atoms in total. The van der Waals surface area contributed by atoms with Gasteiger partial charge in [-0.3, -0.25) is 14.3 Å².